The van der Waals surface area contributed by atoms with Crippen molar-refractivity contribution < 1.29 is 19.1 Å². The normalized spacial score (nSPS) is 11.3. The number of furan rings is 1. The van der Waals surface area contributed by atoms with Crippen LogP contribution in [0.3, 0.4) is 0 Å². The summed E-state index contributed by atoms with van der Waals surface area (Å²) in [7, 11) is 0. The molecule has 118 valence electrons. The van der Waals surface area contributed by atoms with Crippen molar-refractivity contribution in [3.8, 4) is 6.07 Å². The Morgan fingerprint density at radius 1 is 1.26 bits per heavy atom. The first-order valence-electron chi connectivity index (χ1n) is 6.90. The predicted molar refractivity (Wildman–Crippen MR) is 81.1 cm³/mol. The molecule has 3 N–H and O–H groups in total. The Hall–Kier alpha value is -3.11. The molecule has 0 saturated heterocycles. The van der Waals surface area contributed by atoms with E-state index in [1.165, 1.54) is 24.7 Å². The van der Waals surface area contributed by atoms with Gasteiger partial charge >= 0.3 is 11.8 Å². The summed E-state index contributed by atoms with van der Waals surface area (Å²) in [5, 5.41) is 23.5. The van der Waals surface area contributed by atoms with Crippen molar-refractivity contribution in [2.75, 3.05) is 11.9 Å². The molecule has 1 atom stereocenters. The number of rotatable bonds is 5. The topological polar surface area (TPSA) is 115 Å². The first-order valence-corrected chi connectivity index (χ1v) is 6.90. The molecule has 23 heavy (non-hydrogen) atoms. The SMILES string of the molecule is N#Cc1ccccc1NC(=O)C(=O)NCCC(O)c1ccoc1. The van der Waals surface area contributed by atoms with Gasteiger partial charge in [-0.1, -0.05) is 12.1 Å². The van der Waals surface area contributed by atoms with Gasteiger partial charge in [0, 0.05) is 12.1 Å². The van der Waals surface area contributed by atoms with Gasteiger partial charge in [0.25, 0.3) is 0 Å². The maximum atomic E-state index is 11.8. The van der Waals surface area contributed by atoms with Crippen LogP contribution in [-0.2, 0) is 9.59 Å². The molecule has 0 aliphatic rings. The number of nitriles is 1. The molecular formula is C16H15N3O4. The third-order valence-electron chi connectivity index (χ3n) is 3.13. The summed E-state index contributed by atoms with van der Waals surface area (Å²) in [6, 6.07) is 9.93. The van der Waals surface area contributed by atoms with E-state index < -0.39 is 17.9 Å². The number of aliphatic hydroxyl groups is 1. The summed E-state index contributed by atoms with van der Waals surface area (Å²) in [5.74, 6) is -1.71. The number of hydrogen-bond acceptors (Lipinski definition) is 5. The van der Waals surface area contributed by atoms with Crippen molar-refractivity contribution >= 4 is 17.5 Å². The first kappa shape index (κ1) is 16.3. The summed E-state index contributed by atoms with van der Waals surface area (Å²) in [6.07, 6.45) is 2.32. The van der Waals surface area contributed by atoms with Crippen LogP contribution in [0.15, 0.2) is 47.3 Å². The number of anilines is 1. The minimum atomic E-state index is -0.870. The zero-order chi connectivity index (χ0) is 16.7. The van der Waals surface area contributed by atoms with Crippen molar-refractivity contribution in [3.05, 3.63) is 54.0 Å². The summed E-state index contributed by atoms with van der Waals surface area (Å²) in [6.45, 7) is 0.124. The quantitative estimate of drug-likeness (QED) is 0.720. The van der Waals surface area contributed by atoms with Crippen molar-refractivity contribution in [3.63, 3.8) is 0 Å². The number of para-hydroxylation sites is 1. The molecule has 2 amide bonds. The molecule has 7 nitrogen and oxygen atoms in total. The molecule has 0 bridgehead atoms. The maximum absolute atomic E-state index is 11.8. The van der Waals surface area contributed by atoms with Crippen molar-refractivity contribution in [1.29, 1.82) is 5.26 Å². The van der Waals surface area contributed by atoms with Crippen LogP contribution in [0.2, 0.25) is 0 Å². The molecule has 1 aromatic carbocycles. The van der Waals surface area contributed by atoms with Gasteiger partial charge < -0.3 is 20.2 Å². The van der Waals surface area contributed by atoms with Gasteiger partial charge in [0.05, 0.1) is 29.9 Å². The van der Waals surface area contributed by atoms with Gasteiger partial charge in [-0.05, 0) is 24.6 Å². The van der Waals surface area contributed by atoms with Crippen LogP contribution in [0.1, 0.15) is 23.7 Å². The number of nitrogens with zero attached hydrogens (tertiary/aromatic N) is 1. The van der Waals surface area contributed by atoms with Gasteiger partial charge in [-0.15, -0.1) is 0 Å². The molecule has 0 aliphatic heterocycles. The van der Waals surface area contributed by atoms with E-state index in [-0.39, 0.29) is 24.2 Å². The highest BCUT2D eigenvalue weighted by atomic mass is 16.3. The lowest BCUT2D eigenvalue weighted by atomic mass is 10.1. The van der Waals surface area contributed by atoms with E-state index in [1.54, 1.807) is 18.2 Å². The van der Waals surface area contributed by atoms with Crippen LogP contribution in [0.5, 0.6) is 0 Å². The summed E-state index contributed by atoms with van der Waals surface area (Å²) in [5.41, 5.74) is 1.14. The number of carbonyl (C=O) groups excluding carboxylic acids is 2. The number of hydrogen-bond donors (Lipinski definition) is 3. The number of carbonyl (C=O) groups is 2. The van der Waals surface area contributed by atoms with Gasteiger partial charge in [0.2, 0.25) is 0 Å². The van der Waals surface area contributed by atoms with E-state index in [2.05, 4.69) is 10.6 Å². The van der Waals surface area contributed by atoms with E-state index >= 15 is 0 Å². The lowest BCUT2D eigenvalue weighted by Crippen LogP contribution is -2.36. The molecule has 2 aromatic rings. The third-order valence-corrected chi connectivity index (χ3v) is 3.13. The Bertz CT molecular complexity index is 719. The zero-order valence-corrected chi connectivity index (χ0v) is 12.2. The predicted octanol–water partition coefficient (Wildman–Crippen LogP) is 1.33. The fourth-order valence-corrected chi connectivity index (χ4v) is 1.90. The van der Waals surface area contributed by atoms with Gasteiger partial charge in [0.1, 0.15) is 6.07 Å². The molecule has 0 fully saturated rings. The smallest absolute Gasteiger partial charge is 0.313 e. The Kier molecular flexibility index (Phi) is 5.50. The molecule has 1 unspecified atom stereocenters. The van der Waals surface area contributed by atoms with Crippen molar-refractivity contribution in [2.45, 2.75) is 12.5 Å². The fraction of sp³-hybridized carbons (Fsp3) is 0.188. The molecule has 0 radical (unpaired) electrons. The van der Waals surface area contributed by atoms with Crippen molar-refractivity contribution in [1.82, 2.24) is 5.32 Å². The van der Waals surface area contributed by atoms with Crippen LogP contribution in [-0.4, -0.2) is 23.5 Å². The molecule has 1 heterocycles. The zero-order valence-electron chi connectivity index (χ0n) is 12.2. The molecule has 1 aromatic heterocycles. The number of benzene rings is 1. The van der Waals surface area contributed by atoms with E-state index in [4.69, 9.17) is 9.68 Å². The third kappa shape index (κ3) is 4.43. The molecule has 0 saturated carbocycles. The highest BCUT2D eigenvalue weighted by Crippen LogP contribution is 2.16. The molecule has 0 aliphatic carbocycles. The van der Waals surface area contributed by atoms with E-state index in [0.29, 0.717) is 5.56 Å². The second kappa shape index (κ2) is 7.77. The Morgan fingerprint density at radius 3 is 2.74 bits per heavy atom. The minimum absolute atomic E-state index is 0.124. The standard InChI is InChI=1S/C16H15N3O4/c17-9-11-3-1-2-4-13(11)19-16(22)15(21)18-7-5-14(20)12-6-8-23-10-12/h1-4,6,8,10,14,20H,5,7H2,(H,18,21)(H,19,22). The van der Waals surface area contributed by atoms with E-state index in [0.717, 1.165) is 0 Å². The number of nitrogens with one attached hydrogen (secondary N) is 2. The van der Waals surface area contributed by atoms with Crippen LogP contribution < -0.4 is 10.6 Å². The maximum Gasteiger partial charge on any atom is 0.313 e. The molecular weight excluding hydrogens is 298 g/mol. The van der Waals surface area contributed by atoms with Crippen LogP contribution in [0.25, 0.3) is 0 Å². The van der Waals surface area contributed by atoms with Gasteiger partial charge in [-0.25, -0.2) is 0 Å². The monoisotopic (exact) mass is 313 g/mol. The largest absolute Gasteiger partial charge is 0.472 e. The van der Waals surface area contributed by atoms with Gasteiger partial charge in [0.15, 0.2) is 0 Å². The second-order valence-electron chi connectivity index (χ2n) is 4.73. The molecule has 2 rings (SSSR count). The molecule has 7 heteroatoms. The highest BCUT2D eigenvalue weighted by Gasteiger charge is 2.16. The Morgan fingerprint density at radius 2 is 2.04 bits per heavy atom. The van der Waals surface area contributed by atoms with E-state index in [1.807, 2.05) is 6.07 Å². The van der Waals surface area contributed by atoms with E-state index in [9.17, 15) is 14.7 Å². The average Bonchev–Trinajstić information content (AvgIpc) is 3.09. The Balaban J connectivity index is 1.81. The summed E-state index contributed by atoms with van der Waals surface area (Å²) < 4.78 is 4.85. The lowest BCUT2D eigenvalue weighted by Gasteiger charge is -2.10. The summed E-state index contributed by atoms with van der Waals surface area (Å²) in [4.78, 5) is 23.5. The van der Waals surface area contributed by atoms with Crippen LogP contribution >= 0.6 is 0 Å². The molecule has 0 spiro atoms. The average molecular weight is 313 g/mol. The first-order chi connectivity index (χ1) is 11.1. The fourth-order valence-electron chi connectivity index (χ4n) is 1.90. The lowest BCUT2D eigenvalue weighted by molar-refractivity contribution is -0.136. The minimum Gasteiger partial charge on any atom is -0.472 e. The highest BCUT2D eigenvalue weighted by molar-refractivity contribution is 6.39. The van der Waals surface area contributed by atoms with Crippen LogP contribution in [0, 0.1) is 11.3 Å². The van der Waals surface area contributed by atoms with Crippen molar-refractivity contribution in [2.24, 2.45) is 0 Å². The summed E-state index contributed by atoms with van der Waals surface area (Å²) >= 11 is 0. The van der Waals surface area contributed by atoms with Gasteiger partial charge in [-0.2, -0.15) is 5.26 Å². The second-order valence-corrected chi connectivity index (χ2v) is 4.73. The number of amides is 2. The van der Waals surface area contributed by atoms with Gasteiger partial charge in [-0.3, -0.25) is 9.59 Å². The Labute approximate surface area is 132 Å². The van der Waals surface area contributed by atoms with Crippen LogP contribution in [0.4, 0.5) is 5.69 Å². The number of aliphatic hydroxyl groups excluding tert-OH is 1.